The van der Waals surface area contributed by atoms with Crippen LogP contribution in [0.2, 0.25) is 0 Å². The lowest BCUT2D eigenvalue weighted by molar-refractivity contribution is -0.0283. The molecule has 1 aliphatic rings. The van der Waals surface area contributed by atoms with Gasteiger partial charge in [-0.25, -0.2) is 0 Å². The Morgan fingerprint density at radius 2 is 2.14 bits per heavy atom. The van der Waals surface area contributed by atoms with Gasteiger partial charge < -0.3 is 19.6 Å². The zero-order valence-electron chi connectivity index (χ0n) is 13.3. The van der Waals surface area contributed by atoms with E-state index < -0.39 is 6.10 Å². The summed E-state index contributed by atoms with van der Waals surface area (Å²) in [6.07, 6.45) is 7.20. The summed E-state index contributed by atoms with van der Waals surface area (Å²) < 4.78 is 11.1. The first-order chi connectivity index (χ1) is 10.1. The van der Waals surface area contributed by atoms with Crippen molar-refractivity contribution in [2.24, 2.45) is 5.92 Å². The van der Waals surface area contributed by atoms with Gasteiger partial charge in [-0.2, -0.15) is 0 Å². The van der Waals surface area contributed by atoms with Crippen LogP contribution in [0, 0.1) is 5.92 Å². The molecule has 2 N–H and O–H groups in total. The van der Waals surface area contributed by atoms with Crippen molar-refractivity contribution in [3.05, 3.63) is 24.2 Å². The summed E-state index contributed by atoms with van der Waals surface area (Å²) in [4.78, 5) is 0. The molecule has 2 rings (SSSR count). The Balaban J connectivity index is 1.55. The maximum absolute atomic E-state index is 10.00. The molecule has 2 unspecified atom stereocenters. The molecule has 1 fully saturated rings. The summed E-state index contributed by atoms with van der Waals surface area (Å²) in [5, 5.41) is 13.3. The molecule has 0 amide bonds. The maximum Gasteiger partial charge on any atom is 0.105 e. The molecule has 0 bridgehead atoms. The van der Waals surface area contributed by atoms with Crippen LogP contribution in [0.15, 0.2) is 22.8 Å². The highest BCUT2D eigenvalue weighted by Crippen LogP contribution is 2.25. The van der Waals surface area contributed by atoms with Gasteiger partial charge in [0.15, 0.2) is 0 Å². The molecule has 4 heteroatoms. The van der Waals surface area contributed by atoms with Crippen LogP contribution < -0.4 is 5.32 Å². The van der Waals surface area contributed by atoms with Crippen molar-refractivity contribution in [2.75, 3.05) is 13.2 Å². The van der Waals surface area contributed by atoms with Crippen LogP contribution in [-0.2, 0) is 11.2 Å². The first-order valence-corrected chi connectivity index (χ1v) is 8.19. The lowest BCUT2D eigenvalue weighted by atomic mass is 9.89. The van der Waals surface area contributed by atoms with E-state index in [0.717, 1.165) is 30.9 Å². The fraction of sp³-hybridized carbons (Fsp3) is 0.765. The summed E-state index contributed by atoms with van der Waals surface area (Å²) in [5.74, 6) is 1.80. The van der Waals surface area contributed by atoms with E-state index in [9.17, 15) is 5.11 Å². The minimum atomic E-state index is -0.441. The molecule has 120 valence electrons. The van der Waals surface area contributed by atoms with Gasteiger partial charge >= 0.3 is 0 Å². The number of hydrogen-bond acceptors (Lipinski definition) is 4. The molecule has 0 aromatic carbocycles. The summed E-state index contributed by atoms with van der Waals surface area (Å²) >= 11 is 0. The van der Waals surface area contributed by atoms with Gasteiger partial charge in [0, 0.05) is 19.0 Å². The third-order valence-corrected chi connectivity index (χ3v) is 4.28. The molecule has 1 aromatic heterocycles. The summed E-state index contributed by atoms with van der Waals surface area (Å²) in [5.41, 5.74) is 0. The Morgan fingerprint density at radius 3 is 2.81 bits per heavy atom. The number of nitrogens with one attached hydrogen (secondary N) is 1. The Labute approximate surface area is 127 Å². The van der Waals surface area contributed by atoms with Crippen LogP contribution >= 0.6 is 0 Å². The SMILES string of the molecule is CC1CCC(OCC(O)CNC(C)Cc2ccco2)CC1. The lowest BCUT2D eigenvalue weighted by Crippen LogP contribution is -2.38. The Hall–Kier alpha value is -0.840. The van der Waals surface area contributed by atoms with E-state index in [-0.39, 0.29) is 6.04 Å². The molecular formula is C17H29NO3. The first-order valence-electron chi connectivity index (χ1n) is 8.19. The smallest absolute Gasteiger partial charge is 0.105 e. The third kappa shape index (κ3) is 6.20. The summed E-state index contributed by atoms with van der Waals surface area (Å²) in [6, 6.07) is 4.15. The van der Waals surface area contributed by atoms with Gasteiger partial charge in [-0.05, 0) is 50.7 Å². The Kier molecular flexibility index (Phi) is 6.74. The van der Waals surface area contributed by atoms with Crippen LogP contribution in [0.1, 0.15) is 45.3 Å². The number of hydrogen-bond donors (Lipinski definition) is 2. The predicted molar refractivity (Wildman–Crippen MR) is 83.3 cm³/mol. The molecule has 1 aliphatic carbocycles. The van der Waals surface area contributed by atoms with Crippen LogP contribution in [0.25, 0.3) is 0 Å². The van der Waals surface area contributed by atoms with Crippen molar-refractivity contribution in [3.63, 3.8) is 0 Å². The number of furan rings is 1. The van der Waals surface area contributed by atoms with Gasteiger partial charge in [0.05, 0.1) is 25.1 Å². The second-order valence-corrected chi connectivity index (χ2v) is 6.46. The average molecular weight is 295 g/mol. The maximum atomic E-state index is 10.00. The van der Waals surface area contributed by atoms with E-state index in [0.29, 0.717) is 19.3 Å². The van der Waals surface area contributed by atoms with Crippen LogP contribution in [0.3, 0.4) is 0 Å². The zero-order valence-corrected chi connectivity index (χ0v) is 13.3. The van der Waals surface area contributed by atoms with E-state index >= 15 is 0 Å². The van der Waals surface area contributed by atoms with Crippen molar-refractivity contribution in [2.45, 2.75) is 64.2 Å². The monoisotopic (exact) mass is 295 g/mol. The average Bonchev–Trinajstić information content (AvgIpc) is 2.97. The Bertz CT molecular complexity index is 371. The van der Waals surface area contributed by atoms with Crippen LogP contribution in [0.5, 0.6) is 0 Å². The number of rotatable bonds is 8. The van der Waals surface area contributed by atoms with Crippen LogP contribution in [0.4, 0.5) is 0 Å². The molecular weight excluding hydrogens is 266 g/mol. The molecule has 1 heterocycles. The molecule has 0 radical (unpaired) electrons. The largest absolute Gasteiger partial charge is 0.469 e. The van der Waals surface area contributed by atoms with Gasteiger partial charge in [-0.1, -0.05) is 6.92 Å². The number of ether oxygens (including phenoxy) is 1. The number of aliphatic hydroxyl groups is 1. The predicted octanol–water partition coefficient (Wildman–Crippen LogP) is 2.76. The van der Waals surface area contributed by atoms with E-state index in [2.05, 4.69) is 19.2 Å². The van der Waals surface area contributed by atoms with Crippen molar-refractivity contribution < 1.29 is 14.3 Å². The van der Waals surface area contributed by atoms with E-state index in [1.165, 1.54) is 12.8 Å². The fourth-order valence-corrected chi connectivity index (χ4v) is 2.84. The van der Waals surface area contributed by atoms with Crippen molar-refractivity contribution in [1.29, 1.82) is 0 Å². The van der Waals surface area contributed by atoms with E-state index in [1.54, 1.807) is 6.26 Å². The quantitative estimate of drug-likeness (QED) is 0.774. The second kappa shape index (κ2) is 8.57. The normalized spacial score (nSPS) is 25.7. The number of aliphatic hydroxyl groups excluding tert-OH is 1. The van der Waals surface area contributed by atoms with Crippen LogP contribution in [-0.4, -0.2) is 36.5 Å². The Morgan fingerprint density at radius 1 is 1.38 bits per heavy atom. The lowest BCUT2D eigenvalue weighted by Gasteiger charge is -2.27. The molecule has 0 aliphatic heterocycles. The van der Waals surface area contributed by atoms with Gasteiger partial charge in [0.2, 0.25) is 0 Å². The highest BCUT2D eigenvalue weighted by Gasteiger charge is 2.19. The van der Waals surface area contributed by atoms with Gasteiger partial charge in [0.1, 0.15) is 5.76 Å². The van der Waals surface area contributed by atoms with Gasteiger partial charge in [-0.3, -0.25) is 0 Å². The van der Waals surface area contributed by atoms with Gasteiger partial charge in [0.25, 0.3) is 0 Å². The summed E-state index contributed by atoms with van der Waals surface area (Å²) in [7, 11) is 0. The highest BCUT2D eigenvalue weighted by molar-refractivity contribution is 4.99. The topological polar surface area (TPSA) is 54.6 Å². The minimum absolute atomic E-state index is 0.279. The minimum Gasteiger partial charge on any atom is -0.469 e. The molecule has 2 atom stereocenters. The third-order valence-electron chi connectivity index (χ3n) is 4.28. The molecule has 4 nitrogen and oxygen atoms in total. The highest BCUT2D eigenvalue weighted by atomic mass is 16.5. The first kappa shape index (κ1) is 16.5. The van der Waals surface area contributed by atoms with Crippen molar-refractivity contribution in [3.8, 4) is 0 Å². The summed E-state index contributed by atoms with van der Waals surface area (Å²) in [6.45, 7) is 5.39. The fourth-order valence-electron chi connectivity index (χ4n) is 2.84. The second-order valence-electron chi connectivity index (χ2n) is 6.46. The molecule has 0 spiro atoms. The van der Waals surface area contributed by atoms with Crippen molar-refractivity contribution in [1.82, 2.24) is 5.32 Å². The van der Waals surface area contributed by atoms with E-state index in [4.69, 9.17) is 9.15 Å². The molecule has 0 saturated heterocycles. The zero-order chi connectivity index (χ0) is 15.1. The molecule has 1 saturated carbocycles. The van der Waals surface area contributed by atoms with E-state index in [1.807, 2.05) is 12.1 Å². The molecule has 21 heavy (non-hydrogen) atoms. The van der Waals surface area contributed by atoms with Crippen molar-refractivity contribution >= 4 is 0 Å². The standard InChI is InChI=1S/C17H29NO3/c1-13-5-7-16(8-6-13)21-12-15(19)11-18-14(2)10-17-4-3-9-20-17/h3-4,9,13-16,18-19H,5-8,10-12H2,1-2H3. The molecule has 1 aromatic rings. The van der Waals surface area contributed by atoms with Gasteiger partial charge in [-0.15, -0.1) is 0 Å².